The molecule has 0 bridgehead atoms. The van der Waals surface area contributed by atoms with E-state index in [9.17, 15) is 17.6 Å². The second-order valence-electron chi connectivity index (χ2n) is 7.40. The highest BCUT2D eigenvalue weighted by atomic mass is 32.2. The zero-order chi connectivity index (χ0) is 21.7. The van der Waals surface area contributed by atoms with Crippen molar-refractivity contribution >= 4 is 33.0 Å². The summed E-state index contributed by atoms with van der Waals surface area (Å²) in [6.45, 7) is 5.05. The molecule has 162 valence electrons. The largest absolute Gasteiger partial charge is 0.368 e. The number of halogens is 1. The van der Waals surface area contributed by atoms with Crippen LogP contribution in [0.4, 0.5) is 21.5 Å². The minimum absolute atomic E-state index is 0.0418. The van der Waals surface area contributed by atoms with Gasteiger partial charge in [0.05, 0.1) is 11.3 Å². The molecule has 0 unspecified atom stereocenters. The molecule has 0 aliphatic carbocycles. The predicted molar refractivity (Wildman–Crippen MR) is 118 cm³/mol. The van der Waals surface area contributed by atoms with Gasteiger partial charge in [0.25, 0.3) is 5.91 Å². The lowest BCUT2D eigenvalue weighted by atomic mass is 10.1. The molecule has 1 amide bonds. The first-order valence-corrected chi connectivity index (χ1v) is 11.6. The van der Waals surface area contributed by atoms with E-state index < -0.39 is 21.7 Å². The first-order chi connectivity index (χ1) is 14.3. The van der Waals surface area contributed by atoms with Crippen LogP contribution in [-0.4, -0.2) is 58.2 Å². The number of nitrogens with zero attached hydrogens (tertiary/aromatic N) is 2. The number of likely N-dealkylation sites (N-methyl/N-ethyl adjacent to an activating group) is 1. The fourth-order valence-electron chi connectivity index (χ4n) is 3.33. The molecule has 1 saturated heterocycles. The fourth-order valence-corrected chi connectivity index (χ4v) is 4.47. The lowest BCUT2D eigenvalue weighted by molar-refractivity contribution is 0.102. The Balaban J connectivity index is 1.74. The number of benzene rings is 2. The van der Waals surface area contributed by atoms with Gasteiger partial charge in [0, 0.05) is 43.2 Å². The molecule has 0 aromatic heterocycles. The van der Waals surface area contributed by atoms with Gasteiger partial charge in [-0.15, -0.1) is 0 Å². The number of amides is 1. The Labute approximate surface area is 176 Å². The topological polar surface area (TPSA) is 81.8 Å². The monoisotopic (exact) mass is 434 g/mol. The molecular formula is C21H27FN4O3S. The van der Waals surface area contributed by atoms with Gasteiger partial charge < -0.3 is 15.1 Å². The summed E-state index contributed by atoms with van der Waals surface area (Å²) in [5.74, 6) is -0.846. The number of hydrogen-bond acceptors (Lipinski definition) is 5. The SMILES string of the molecule is CCCS(=O)(=O)Nc1ccc(NC(=O)c2cc(F)ccc2N2CCN(C)CC2)cc1. The van der Waals surface area contributed by atoms with E-state index in [0.717, 1.165) is 26.2 Å². The highest BCUT2D eigenvalue weighted by molar-refractivity contribution is 7.92. The Morgan fingerprint density at radius 2 is 1.67 bits per heavy atom. The van der Waals surface area contributed by atoms with Crippen molar-refractivity contribution in [1.82, 2.24) is 4.90 Å². The van der Waals surface area contributed by atoms with Crippen molar-refractivity contribution in [3.05, 3.63) is 53.8 Å². The third kappa shape index (κ3) is 5.70. The molecule has 3 rings (SSSR count). The maximum atomic E-state index is 13.9. The van der Waals surface area contributed by atoms with Gasteiger partial charge in [0.15, 0.2) is 0 Å². The summed E-state index contributed by atoms with van der Waals surface area (Å²) in [6, 6.07) is 10.6. The van der Waals surface area contributed by atoms with Gasteiger partial charge in [0.2, 0.25) is 10.0 Å². The maximum Gasteiger partial charge on any atom is 0.257 e. The molecule has 2 N–H and O–H groups in total. The van der Waals surface area contributed by atoms with Gasteiger partial charge in [0.1, 0.15) is 5.82 Å². The third-order valence-electron chi connectivity index (χ3n) is 4.94. The van der Waals surface area contributed by atoms with Gasteiger partial charge in [-0.05, 0) is 55.9 Å². The Morgan fingerprint density at radius 1 is 1.03 bits per heavy atom. The summed E-state index contributed by atoms with van der Waals surface area (Å²) in [5.41, 5.74) is 1.88. The van der Waals surface area contributed by atoms with Crippen LogP contribution in [-0.2, 0) is 10.0 Å². The molecule has 1 aliphatic heterocycles. The first-order valence-electron chi connectivity index (χ1n) is 9.92. The van der Waals surface area contributed by atoms with Gasteiger partial charge >= 0.3 is 0 Å². The van der Waals surface area contributed by atoms with Crippen LogP contribution in [0.15, 0.2) is 42.5 Å². The summed E-state index contributed by atoms with van der Waals surface area (Å²) in [5, 5.41) is 2.77. The van der Waals surface area contributed by atoms with Crippen LogP contribution in [0.1, 0.15) is 23.7 Å². The van der Waals surface area contributed by atoms with Crippen molar-refractivity contribution in [2.24, 2.45) is 0 Å². The number of sulfonamides is 1. The minimum Gasteiger partial charge on any atom is -0.368 e. The van der Waals surface area contributed by atoms with Crippen molar-refractivity contribution in [3.63, 3.8) is 0 Å². The van der Waals surface area contributed by atoms with E-state index >= 15 is 0 Å². The van der Waals surface area contributed by atoms with Gasteiger partial charge in [-0.2, -0.15) is 0 Å². The molecule has 7 nitrogen and oxygen atoms in total. The molecular weight excluding hydrogens is 407 g/mol. The summed E-state index contributed by atoms with van der Waals surface area (Å²) in [4.78, 5) is 17.2. The smallest absolute Gasteiger partial charge is 0.257 e. The second kappa shape index (κ2) is 9.44. The first kappa shape index (κ1) is 22.0. The van der Waals surface area contributed by atoms with Crippen molar-refractivity contribution in [2.75, 3.05) is 53.9 Å². The Kier molecular flexibility index (Phi) is 6.94. The van der Waals surface area contributed by atoms with Crippen molar-refractivity contribution < 1.29 is 17.6 Å². The average Bonchev–Trinajstić information content (AvgIpc) is 2.70. The molecule has 1 fully saturated rings. The van der Waals surface area contributed by atoms with Crippen LogP contribution in [0.2, 0.25) is 0 Å². The number of carbonyl (C=O) groups excluding carboxylic acids is 1. The number of carbonyl (C=O) groups is 1. The molecule has 2 aromatic rings. The summed E-state index contributed by atoms with van der Waals surface area (Å²) >= 11 is 0. The fraction of sp³-hybridized carbons (Fsp3) is 0.381. The van der Waals surface area contributed by atoms with Crippen LogP contribution < -0.4 is 14.9 Å². The molecule has 30 heavy (non-hydrogen) atoms. The van der Waals surface area contributed by atoms with Crippen LogP contribution in [0.3, 0.4) is 0 Å². The molecule has 1 aliphatic rings. The standard InChI is InChI=1S/C21H27FN4O3S/c1-3-14-30(28,29)24-18-7-5-17(6-8-18)23-21(27)19-15-16(22)4-9-20(19)26-12-10-25(2)11-13-26/h4-9,15,24H,3,10-14H2,1-2H3,(H,23,27). The van der Waals surface area contributed by atoms with Gasteiger partial charge in [-0.25, -0.2) is 12.8 Å². The summed E-state index contributed by atoms with van der Waals surface area (Å²) < 4.78 is 40.1. The molecule has 2 aromatic carbocycles. The third-order valence-corrected chi connectivity index (χ3v) is 6.43. The summed E-state index contributed by atoms with van der Waals surface area (Å²) in [7, 11) is -1.34. The highest BCUT2D eigenvalue weighted by Gasteiger charge is 2.21. The highest BCUT2D eigenvalue weighted by Crippen LogP contribution is 2.25. The van der Waals surface area contributed by atoms with E-state index in [4.69, 9.17) is 0 Å². The molecule has 9 heteroatoms. The number of anilines is 3. The van der Waals surface area contributed by atoms with E-state index in [0.29, 0.717) is 23.5 Å². The Morgan fingerprint density at radius 3 is 2.30 bits per heavy atom. The molecule has 0 radical (unpaired) electrons. The zero-order valence-electron chi connectivity index (χ0n) is 17.2. The summed E-state index contributed by atoms with van der Waals surface area (Å²) in [6.07, 6.45) is 0.521. The Bertz CT molecular complexity index is 988. The minimum atomic E-state index is -3.38. The lowest BCUT2D eigenvalue weighted by Crippen LogP contribution is -2.45. The van der Waals surface area contributed by atoms with E-state index in [2.05, 4.69) is 19.8 Å². The van der Waals surface area contributed by atoms with Crippen molar-refractivity contribution in [2.45, 2.75) is 13.3 Å². The second-order valence-corrected chi connectivity index (χ2v) is 9.25. The van der Waals surface area contributed by atoms with E-state index in [1.54, 1.807) is 37.3 Å². The van der Waals surface area contributed by atoms with Crippen LogP contribution in [0, 0.1) is 5.82 Å². The van der Waals surface area contributed by atoms with E-state index in [1.807, 2.05) is 7.05 Å². The number of nitrogens with one attached hydrogen (secondary N) is 2. The normalized spacial score (nSPS) is 15.1. The van der Waals surface area contributed by atoms with Gasteiger partial charge in [-0.3, -0.25) is 9.52 Å². The molecule has 1 heterocycles. The van der Waals surface area contributed by atoms with E-state index in [-0.39, 0.29) is 11.3 Å². The zero-order valence-corrected chi connectivity index (χ0v) is 18.0. The predicted octanol–water partition coefficient (Wildman–Crippen LogP) is 2.98. The van der Waals surface area contributed by atoms with Crippen LogP contribution in [0.5, 0.6) is 0 Å². The number of hydrogen-bond donors (Lipinski definition) is 2. The van der Waals surface area contributed by atoms with E-state index in [1.165, 1.54) is 12.1 Å². The molecule has 0 spiro atoms. The molecule has 0 atom stereocenters. The van der Waals surface area contributed by atoms with Gasteiger partial charge in [-0.1, -0.05) is 6.92 Å². The number of piperazine rings is 1. The molecule has 0 saturated carbocycles. The average molecular weight is 435 g/mol. The van der Waals surface area contributed by atoms with Crippen LogP contribution >= 0.6 is 0 Å². The quantitative estimate of drug-likeness (QED) is 0.700. The van der Waals surface area contributed by atoms with Crippen LogP contribution in [0.25, 0.3) is 0 Å². The maximum absolute atomic E-state index is 13.9. The Hall–Kier alpha value is -2.65. The lowest BCUT2D eigenvalue weighted by Gasteiger charge is -2.35. The van der Waals surface area contributed by atoms with Crippen molar-refractivity contribution in [1.29, 1.82) is 0 Å². The van der Waals surface area contributed by atoms with Crippen molar-refractivity contribution in [3.8, 4) is 0 Å². The number of rotatable bonds is 7.